The van der Waals surface area contributed by atoms with E-state index in [-0.39, 0.29) is 24.6 Å². The number of aliphatic hydroxyl groups is 1. The van der Waals surface area contributed by atoms with Gasteiger partial charge in [0.1, 0.15) is 5.75 Å². The van der Waals surface area contributed by atoms with Crippen molar-refractivity contribution in [1.29, 1.82) is 0 Å². The van der Waals surface area contributed by atoms with Crippen LogP contribution in [0.3, 0.4) is 0 Å². The Balaban J connectivity index is 1.76. The van der Waals surface area contributed by atoms with Crippen molar-refractivity contribution in [2.24, 2.45) is 0 Å². The van der Waals surface area contributed by atoms with E-state index in [0.717, 1.165) is 37.1 Å². The monoisotopic (exact) mass is 278 g/mol. The maximum absolute atomic E-state index is 11.8. The Bertz CT molecular complexity index is 433. The number of carbonyl (C=O) groups is 1. The number of rotatable bonds is 5. The minimum Gasteiger partial charge on any atom is -0.497 e. The molecule has 5 heteroatoms. The molecule has 1 aliphatic rings. The number of amides is 1. The molecule has 0 heterocycles. The highest BCUT2D eigenvalue weighted by Gasteiger charge is 2.22. The standard InChI is InChI=1S/C15H22N2O3/c1-20-12-8-6-11(7-9-12)17-15(19)10-16-13-4-2-3-5-14(13)18/h6-9,13-14,16,18H,2-5,10H2,1H3,(H,17,19). The van der Waals surface area contributed by atoms with Crippen LogP contribution in [0.25, 0.3) is 0 Å². The third-order valence-corrected chi connectivity index (χ3v) is 3.63. The zero-order valence-electron chi connectivity index (χ0n) is 11.8. The lowest BCUT2D eigenvalue weighted by Gasteiger charge is -2.28. The molecule has 0 saturated heterocycles. The van der Waals surface area contributed by atoms with Crippen LogP contribution in [0, 0.1) is 0 Å². The fraction of sp³-hybridized carbons (Fsp3) is 0.533. The summed E-state index contributed by atoms with van der Waals surface area (Å²) in [7, 11) is 1.60. The molecule has 1 fully saturated rings. The fourth-order valence-electron chi connectivity index (χ4n) is 2.45. The second-order valence-corrected chi connectivity index (χ2v) is 5.12. The molecule has 20 heavy (non-hydrogen) atoms. The minimum absolute atomic E-state index is 0.0327. The second kappa shape index (κ2) is 7.26. The summed E-state index contributed by atoms with van der Waals surface area (Å²) in [5, 5.41) is 15.8. The lowest BCUT2D eigenvalue weighted by molar-refractivity contribution is -0.115. The van der Waals surface area contributed by atoms with Crippen molar-refractivity contribution in [3.05, 3.63) is 24.3 Å². The van der Waals surface area contributed by atoms with Gasteiger partial charge in [-0.05, 0) is 37.1 Å². The molecule has 5 nitrogen and oxygen atoms in total. The number of nitrogens with one attached hydrogen (secondary N) is 2. The molecule has 3 N–H and O–H groups in total. The van der Waals surface area contributed by atoms with Crippen molar-refractivity contribution in [3.63, 3.8) is 0 Å². The Hall–Kier alpha value is -1.59. The SMILES string of the molecule is COc1ccc(NC(=O)CNC2CCCCC2O)cc1. The lowest BCUT2D eigenvalue weighted by atomic mass is 9.93. The fourth-order valence-corrected chi connectivity index (χ4v) is 2.45. The summed E-state index contributed by atoms with van der Waals surface area (Å²) >= 11 is 0. The molecular weight excluding hydrogens is 256 g/mol. The number of hydrogen-bond donors (Lipinski definition) is 3. The molecule has 0 aromatic heterocycles. The molecule has 0 bridgehead atoms. The van der Waals surface area contributed by atoms with Crippen molar-refractivity contribution in [1.82, 2.24) is 5.32 Å². The number of ether oxygens (including phenoxy) is 1. The van der Waals surface area contributed by atoms with Gasteiger partial charge in [-0.3, -0.25) is 4.79 Å². The quantitative estimate of drug-likeness (QED) is 0.764. The number of carbonyl (C=O) groups excluding carboxylic acids is 1. The van der Waals surface area contributed by atoms with E-state index >= 15 is 0 Å². The Morgan fingerprint density at radius 2 is 2.00 bits per heavy atom. The van der Waals surface area contributed by atoms with Gasteiger partial charge in [-0.25, -0.2) is 0 Å². The van der Waals surface area contributed by atoms with Crippen LogP contribution in [-0.4, -0.2) is 36.8 Å². The topological polar surface area (TPSA) is 70.6 Å². The average molecular weight is 278 g/mol. The van der Waals surface area contributed by atoms with Gasteiger partial charge < -0.3 is 20.5 Å². The van der Waals surface area contributed by atoms with E-state index in [1.54, 1.807) is 31.4 Å². The lowest BCUT2D eigenvalue weighted by Crippen LogP contribution is -2.45. The summed E-state index contributed by atoms with van der Waals surface area (Å²) in [4.78, 5) is 11.8. The highest BCUT2D eigenvalue weighted by Crippen LogP contribution is 2.18. The van der Waals surface area contributed by atoms with Crippen molar-refractivity contribution < 1.29 is 14.6 Å². The molecule has 1 amide bonds. The number of hydrogen-bond acceptors (Lipinski definition) is 4. The maximum Gasteiger partial charge on any atom is 0.238 e. The number of methoxy groups -OCH3 is 1. The molecule has 1 aliphatic carbocycles. The molecule has 0 spiro atoms. The minimum atomic E-state index is -0.336. The van der Waals surface area contributed by atoms with E-state index in [1.807, 2.05) is 0 Å². The average Bonchev–Trinajstić information content (AvgIpc) is 2.47. The zero-order valence-corrected chi connectivity index (χ0v) is 11.8. The Labute approximate surface area is 119 Å². The molecule has 1 saturated carbocycles. The second-order valence-electron chi connectivity index (χ2n) is 5.12. The van der Waals surface area contributed by atoms with E-state index in [4.69, 9.17) is 4.74 Å². The van der Waals surface area contributed by atoms with Gasteiger partial charge >= 0.3 is 0 Å². The van der Waals surface area contributed by atoms with Crippen LogP contribution < -0.4 is 15.4 Å². The number of aliphatic hydroxyl groups excluding tert-OH is 1. The highest BCUT2D eigenvalue weighted by atomic mass is 16.5. The first-order chi connectivity index (χ1) is 9.69. The van der Waals surface area contributed by atoms with Gasteiger partial charge in [-0.15, -0.1) is 0 Å². The molecule has 1 aromatic carbocycles. The third-order valence-electron chi connectivity index (χ3n) is 3.63. The predicted octanol–water partition coefficient (Wildman–Crippen LogP) is 1.53. The highest BCUT2D eigenvalue weighted by molar-refractivity contribution is 5.92. The van der Waals surface area contributed by atoms with E-state index in [9.17, 15) is 9.90 Å². The normalized spacial score (nSPS) is 22.3. The van der Waals surface area contributed by atoms with Gasteiger partial charge in [0.2, 0.25) is 5.91 Å². The van der Waals surface area contributed by atoms with Crippen molar-refractivity contribution in [2.75, 3.05) is 19.0 Å². The first kappa shape index (κ1) is 14.8. The third kappa shape index (κ3) is 4.21. The van der Waals surface area contributed by atoms with Gasteiger partial charge in [0.25, 0.3) is 0 Å². The van der Waals surface area contributed by atoms with E-state index in [2.05, 4.69) is 10.6 Å². The van der Waals surface area contributed by atoms with Crippen LogP contribution >= 0.6 is 0 Å². The van der Waals surface area contributed by atoms with Crippen LogP contribution in [0.4, 0.5) is 5.69 Å². The molecule has 1 aromatic rings. The molecule has 2 unspecified atom stereocenters. The summed E-state index contributed by atoms with van der Waals surface area (Å²) in [6, 6.07) is 7.23. The van der Waals surface area contributed by atoms with Crippen LogP contribution in [0.5, 0.6) is 5.75 Å². The number of anilines is 1. The molecule has 0 radical (unpaired) electrons. The van der Waals surface area contributed by atoms with E-state index < -0.39 is 0 Å². The Kier molecular flexibility index (Phi) is 5.38. The summed E-state index contributed by atoms with van der Waals surface area (Å²) in [5.41, 5.74) is 0.738. The van der Waals surface area contributed by atoms with Crippen molar-refractivity contribution in [2.45, 2.75) is 37.8 Å². The van der Waals surface area contributed by atoms with Gasteiger partial charge in [-0.2, -0.15) is 0 Å². The molecule has 0 aliphatic heterocycles. The van der Waals surface area contributed by atoms with Gasteiger partial charge in [-0.1, -0.05) is 12.8 Å². The van der Waals surface area contributed by atoms with Gasteiger partial charge in [0.05, 0.1) is 19.8 Å². The van der Waals surface area contributed by atoms with Crippen molar-refractivity contribution in [3.8, 4) is 5.75 Å². The summed E-state index contributed by atoms with van der Waals surface area (Å²) in [6.07, 6.45) is 3.58. The van der Waals surface area contributed by atoms with E-state index in [1.165, 1.54) is 0 Å². The van der Waals surface area contributed by atoms with Gasteiger partial charge in [0, 0.05) is 11.7 Å². The van der Waals surface area contributed by atoms with Crippen LogP contribution in [-0.2, 0) is 4.79 Å². The molecule has 2 rings (SSSR count). The first-order valence-electron chi connectivity index (χ1n) is 7.04. The zero-order chi connectivity index (χ0) is 14.4. The summed E-state index contributed by atoms with van der Waals surface area (Å²) in [6.45, 7) is 0.216. The van der Waals surface area contributed by atoms with Gasteiger partial charge in [0.15, 0.2) is 0 Å². The largest absolute Gasteiger partial charge is 0.497 e. The predicted molar refractivity (Wildman–Crippen MR) is 77.9 cm³/mol. The van der Waals surface area contributed by atoms with Crippen LogP contribution in [0.15, 0.2) is 24.3 Å². The Morgan fingerprint density at radius 1 is 1.30 bits per heavy atom. The summed E-state index contributed by atoms with van der Waals surface area (Å²) < 4.78 is 5.06. The van der Waals surface area contributed by atoms with Crippen LogP contribution in [0.1, 0.15) is 25.7 Å². The molecule has 2 atom stereocenters. The van der Waals surface area contributed by atoms with Crippen LogP contribution in [0.2, 0.25) is 0 Å². The van der Waals surface area contributed by atoms with E-state index in [0.29, 0.717) is 0 Å². The molecular formula is C15H22N2O3. The maximum atomic E-state index is 11.8. The molecule has 110 valence electrons. The smallest absolute Gasteiger partial charge is 0.238 e. The summed E-state index contributed by atoms with van der Waals surface area (Å²) in [5.74, 6) is 0.652. The number of benzene rings is 1. The Morgan fingerprint density at radius 3 is 2.65 bits per heavy atom. The van der Waals surface area contributed by atoms with Crippen molar-refractivity contribution >= 4 is 11.6 Å². The first-order valence-corrected chi connectivity index (χ1v) is 7.04.